The third kappa shape index (κ3) is 7.77. The number of nitriles is 1. The van der Waals surface area contributed by atoms with Crippen LogP contribution in [0.3, 0.4) is 0 Å². The molecule has 0 radical (unpaired) electrons. The molecule has 10 nitrogen and oxygen atoms in total. The average Bonchev–Trinajstić information content (AvgIpc) is 2.86. The highest BCUT2D eigenvalue weighted by Gasteiger charge is 2.31. The number of carbonyl (C=O) groups excluding carboxylic acids is 2. The average molecular weight is 508 g/mol. The summed E-state index contributed by atoms with van der Waals surface area (Å²) in [5.41, 5.74) is 3.83. The number of aliphatic hydroxyl groups excluding tert-OH is 1. The van der Waals surface area contributed by atoms with Crippen molar-refractivity contribution in [3.63, 3.8) is 0 Å². The number of nitrogens with zero attached hydrogens (tertiary/aromatic N) is 3. The number of β-amino-alcohol motifs (C(OH)–C–C–N with tert-alkyl or cyclic N) is 1. The Kier molecular flexibility index (Phi) is 9.22. The molecule has 0 fully saturated rings. The number of para-hydroxylation sites is 1. The van der Waals surface area contributed by atoms with E-state index in [-0.39, 0.29) is 37.4 Å². The van der Waals surface area contributed by atoms with Gasteiger partial charge in [0.25, 0.3) is 5.91 Å². The molecular formula is C27H33N5O5. The standard InChI is InChI=1S/C27H33N5O5/c1-18-13-24(34)30-31-26(18)20-9-11-22(12-10-20)36-16-25(35)29-17-27(3,4)32(15-19(2)33)37-23-8-6-5-7-21(23)14-28/h5-12,18-19,33H,13,15-17H2,1-4H3,(H,29,35)(H,30,34). The molecule has 2 aromatic rings. The van der Waals surface area contributed by atoms with Crippen LogP contribution in [0, 0.1) is 17.2 Å². The molecule has 1 aliphatic rings. The Hall–Kier alpha value is -3.94. The van der Waals surface area contributed by atoms with Gasteiger partial charge in [0.15, 0.2) is 12.4 Å². The number of hydroxylamine groups is 2. The molecule has 2 unspecified atom stereocenters. The van der Waals surface area contributed by atoms with Gasteiger partial charge in [-0.25, -0.2) is 5.43 Å². The predicted octanol–water partition coefficient (Wildman–Crippen LogP) is 2.37. The molecule has 0 bridgehead atoms. The quantitative estimate of drug-likeness (QED) is 0.397. The lowest BCUT2D eigenvalue weighted by atomic mass is 9.94. The Morgan fingerprint density at radius 3 is 2.65 bits per heavy atom. The van der Waals surface area contributed by atoms with Crippen molar-refractivity contribution in [2.75, 3.05) is 19.7 Å². The summed E-state index contributed by atoms with van der Waals surface area (Å²) in [5.74, 6) is 0.490. The minimum absolute atomic E-state index is 0.0143. The Balaban J connectivity index is 1.55. The summed E-state index contributed by atoms with van der Waals surface area (Å²) in [4.78, 5) is 29.9. The van der Waals surface area contributed by atoms with Gasteiger partial charge in [-0.15, -0.1) is 5.06 Å². The van der Waals surface area contributed by atoms with E-state index in [0.717, 1.165) is 11.3 Å². The van der Waals surface area contributed by atoms with Gasteiger partial charge in [-0.1, -0.05) is 19.1 Å². The highest BCUT2D eigenvalue weighted by Crippen LogP contribution is 2.23. The lowest BCUT2D eigenvalue weighted by Gasteiger charge is -2.38. The molecule has 1 aliphatic heterocycles. The smallest absolute Gasteiger partial charge is 0.258 e. The minimum Gasteiger partial charge on any atom is -0.484 e. The second kappa shape index (κ2) is 12.3. The van der Waals surface area contributed by atoms with Gasteiger partial charge in [-0.05, 0) is 62.7 Å². The van der Waals surface area contributed by atoms with Crippen LogP contribution in [0.25, 0.3) is 0 Å². The maximum Gasteiger partial charge on any atom is 0.258 e. The molecule has 37 heavy (non-hydrogen) atoms. The van der Waals surface area contributed by atoms with Crippen molar-refractivity contribution in [3.05, 3.63) is 59.7 Å². The van der Waals surface area contributed by atoms with Gasteiger partial charge >= 0.3 is 0 Å². The Morgan fingerprint density at radius 2 is 2.00 bits per heavy atom. The number of ether oxygens (including phenoxy) is 1. The molecule has 3 N–H and O–H groups in total. The number of aliphatic hydroxyl groups is 1. The molecule has 0 saturated heterocycles. The SMILES string of the molecule is CC(O)CN(Oc1ccccc1C#N)C(C)(C)CNC(=O)COc1ccc(C2=NNC(=O)CC2C)cc1. The number of hydrogen-bond acceptors (Lipinski definition) is 8. The number of benzene rings is 2. The van der Waals surface area contributed by atoms with Crippen molar-refractivity contribution in [2.45, 2.75) is 45.8 Å². The maximum absolute atomic E-state index is 12.5. The molecule has 196 valence electrons. The van der Waals surface area contributed by atoms with Crippen LogP contribution in [0.5, 0.6) is 11.5 Å². The number of rotatable bonds is 11. The fourth-order valence-corrected chi connectivity index (χ4v) is 3.73. The summed E-state index contributed by atoms with van der Waals surface area (Å²) >= 11 is 0. The van der Waals surface area contributed by atoms with Crippen LogP contribution < -0.4 is 20.3 Å². The van der Waals surface area contributed by atoms with E-state index < -0.39 is 11.6 Å². The molecule has 0 saturated carbocycles. The largest absolute Gasteiger partial charge is 0.484 e. The van der Waals surface area contributed by atoms with Crippen LogP contribution in [0.4, 0.5) is 0 Å². The van der Waals surface area contributed by atoms with E-state index in [0.29, 0.717) is 23.5 Å². The van der Waals surface area contributed by atoms with Crippen LogP contribution in [-0.2, 0) is 9.59 Å². The maximum atomic E-state index is 12.5. The first kappa shape index (κ1) is 27.6. The summed E-state index contributed by atoms with van der Waals surface area (Å²) in [7, 11) is 0. The minimum atomic E-state index is -0.719. The van der Waals surface area contributed by atoms with Gasteiger partial charge in [-0.3, -0.25) is 9.59 Å². The zero-order chi connectivity index (χ0) is 27.0. The predicted molar refractivity (Wildman–Crippen MR) is 138 cm³/mol. The van der Waals surface area contributed by atoms with Crippen LogP contribution in [-0.4, -0.2) is 59.0 Å². The highest BCUT2D eigenvalue weighted by molar-refractivity contribution is 6.05. The fraction of sp³-hybridized carbons (Fsp3) is 0.407. The van der Waals surface area contributed by atoms with E-state index >= 15 is 0 Å². The van der Waals surface area contributed by atoms with Gasteiger partial charge in [0.1, 0.15) is 11.8 Å². The first-order valence-corrected chi connectivity index (χ1v) is 12.1. The molecule has 2 atom stereocenters. The topological polar surface area (TPSA) is 136 Å². The normalized spacial score (nSPS) is 16.3. The fourth-order valence-electron chi connectivity index (χ4n) is 3.73. The Labute approximate surface area is 216 Å². The summed E-state index contributed by atoms with van der Waals surface area (Å²) in [6, 6.07) is 16.1. The third-order valence-electron chi connectivity index (χ3n) is 5.82. The zero-order valence-electron chi connectivity index (χ0n) is 21.5. The van der Waals surface area contributed by atoms with Gasteiger partial charge < -0.3 is 20.0 Å². The van der Waals surface area contributed by atoms with Crippen molar-refractivity contribution in [3.8, 4) is 17.6 Å². The lowest BCUT2D eigenvalue weighted by Crippen LogP contribution is -2.55. The van der Waals surface area contributed by atoms with E-state index in [1.807, 2.05) is 32.9 Å². The lowest BCUT2D eigenvalue weighted by molar-refractivity contribution is -0.150. The number of nitrogens with one attached hydrogen (secondary N) is 2. The van der Waals surface area contributed by atoms with Gasteiger partial charge in [0.05, 0.1) is 29.5 Å². The molecular weight excluding hydrogens is 474 g/mol. The van der Waals surface area contributed by atoms with E-state index in [1.54, 1.807) is 48.4 Å². The third-order valence-corrected chi connectivity index (χ3v) is 5.82. The highest BCUT2D eigenvalue weighted by atomic mass is 16.7. The molecule has 3 rings (SSSR count). The van der Waals surface area contributed by atoms with Gasteiger partial charge in [-0.2, -0.15) is 10.4 Å². The van der Waals surface area contributed by atoms with Crippen molar-refractivity contribution in [1.82, 2.24) is 15.8 Å². The van der Waals surface area contributed by atoms with Crippen LogP contribution in [0.1, 0.15) is 45.2 Å². The number of carbonyl (C=O) groups is 2. The first-order valence-electron chi connectivity index (χ1n) is 12.1. The Bertz CT molecular complexity index is 1170. The van der Waals surface area contributed by atoms with Crippen molar-refractivity contribution < 1.29 is 24.3 Å². The number of hydrogen-bond donors (Lipinski definition) is 3. The molecule has 2 amide bonds. The second-order valence-electron chi connectivity index (χ2n) is 9.65. The summed E-state index contributed by atoms with van der Waals surface area (Å²) < 4.78 is 5.63. The van der Waals surface area contributed by atoms with Gasteiger partial charge in [0, 0.05) is 18.9 Å². The van der Waals surface area contributed by atoms with E-state index in [4.69, 9.17) is 9.57 Å². The molecule has 2 aromatic carbocycles. The summed E-state index contributed by atoms with van der Waals surface area (Å²) in [5, 5.41) is 27.9. The summed E-state index contributed by atoms with van der Waals surface area (Å²) in [6.45, 7) is 7.50. The van der Waals surface area contributed by atoms with Crippen LogP contribution >= 0.6 is 0 Å². The molecule has 10 heteroatoms. The van der Waals surface area contributed by atoms with Crippen molar-refractivity contribution in [1.29, 1.82) is 5.26 Å². The first-order chi connectivity index (χ1) is 17.6. The number of hydrazone groups is 1. The Morgan fingerprint density at radius 1 is 1.30 bits per heavy atom. The second-order valence-corrected chi connectivity index (χ2v) is 9.65. The summed E-state index contributed by atoms with van der Waals surface area (Å²) in [6.07, 6.45) is -0.313. The van der Waals surface area contributed by atoms with Crippen LogP contribution in [0.15, 0.2) is 53.6 Å². The van der Waals surface area contributed by atoms with Gasteiger partial charge in [0.2, 0.25) is 5.91 Å². The van der Waals surface area contributed by atoms with Crippen molar-refractivity contribution >= 4 is 17.5 Å². The number of amides is 2. The van der Waals surface area contributed by atoms with Crippen LogP contribution in [0.2, 0.25) is 0 Å². The monoisotopic (exact) mass is 507 g/mol. The molecule has 0 spiro atoms. The molecule has 1 heterocycles. The molecule has 0 aliphatic carbocycles. The molecule has 0 aromatic heterocycles. The van der Waals surface area contributed by atoms with E-state index in [1.165, 1.54) is 0 Å². The zero-order valence-corrected chi connectivity index (χ0v) is 21.5. The van der Waals surface area contributed by atoms with E-state index in [2.05, 4.69) is 21.9 Å². The van der Waals surface area contributed by atoms with E-state index in [9.17, 15) is 20.0 Å². The van der Waals surface area contributed by atoms with Crippen molar-refractivity contribution in [2.24, 2.45) is 11.0 Å².